The molecule has 2 nitrogen and oxygen atoms in total. The van der Waals surface area contributed by atoms with E-state index in [9.17, 15) is 0 Å². The number of nitrogens with zero attached hydrogens (tertiary/aromatic N) is 1. The Bertz CT molecular complexity index is 238. The first-order chi connectivity index (χ1) is 5.27. The van der Waals surface area contributed by atoms with Crippen LogP contribution in [0.15, 0.2) is 16.3 Å². The van der Waals surface area contributed by atoms with E-state index in [1.807, 2.05) is 6.92 Å². The van der Waals surface area contributed by atoms with E-state index in [1.54, 1.807) is 0 Å². The number of nitrogens with one attached hydrogen (secondary N) is 1. The molecule has 0 aromatic rings. The van der Waals surface area contributed by atoms with Crippen molar-refractivity contribution >= 4 is 5.84 Å². The van der Waals surface area contributed by atoms with E-state index in [0.29, 0.717) is 6.04 Å². The highest BCUT2D eigenvalue weighted by Gasteiger charge is 2.22. The largest absolute Gasteiger partial charge is 0.367 e. The van der Waals surface area contributed by atoms with Gasteiger partial charge in [0.15, 0.2) is 0 Å². The number of aliphatic imine (C=N–C) groups is 1. The van der Waals surface area contributed by atoms with Gasteiger partial charge in [0.05, 0.1) is 5.84 Å². The van der Waals surface area contributed by atoms with Crippen molar-refractivity contribution in [3.63, 3.8) is 0 Å². The van der Waals surface area contributed by atoms with Crippen LogP contribution in [0.25, 0.3) is 0 Å². The molecule has 1 aliphatic carbocycles. The second kappa shape index (κ2) is 2.36. The maximum absolute atomic E-state index is 4.48. The van der Waals surface area contributed by atoms with Crippen LogP contribution in [-0.2, 0) is 0 Å². The zero-order valence-electron chi connectivity index (χ0n) is 7.15. The summed E-state index contributed by atoms with van der Waals surface area (Å²) in [6.45, 7) is 4.26. The number of hydrogen-bond acceptors (Lipinski definition) is 2. The smallest absolute Gasteiger partial charge is 0.0991 e. The fourth-order valence-corrected chi connectivity index (χ4v) is 1.98. The zero-order valence-corrected chi connectivity index (χ0v) is 7.15. The van der Waals surface area contributed by atoms with E-state index in [4.69, 9.17) is 0 Å². The summed E-state index contributed by atoms with van der Waals surface area (Å²) in [6, 6.07) is 0.532. The van der Waals surface area contributed by atoms with Crippen LogP contribution in [0, 0.1) is 0 Å². The molecule has 0 radical (unpaired) electrons. The summed E-state index contributed by atoms with van der Waals surface area (Å²) in [5, 5.41) is 3.34. The normalized spacial score (nSPS) is 29.6. The SMILES string of the molecule is CC1=NC2=C(CCC2)C(C)N1. The van der Waals surface area contributed by atoms with Crippen molar-refractivity contribution in [2.75, 3.05) is 0 Å². The minimum absolute atomic E-state index is 0.532. The van der Waals surface area contributed by atoms with E-state index in [-0.39, 0.29) is 0 Å². The van der Waals surface area contributed by atoms with Crippen molar-refractivity contribution in [2.24, 2.45) is 4.99 Å². The van der Waals surface area contributed by atoms with Crippen LogP contribution in [0.5, 0.6) is 0 Å². The summed E-state index contributed by atoms with van der Waals surface area (Å²) in [4.78, 5) is 4.48. The predicted octanol–water partition coefficient (Wildman–Crippen LogP) is 1.83. The summed E-state index contributed by atoms with van der Waals surface area (Å²) in [6.07, 6.45) is 3.74. The topological polar surface area (TPSA) is 24.4 Å². The lowest BCUT2D eigenvalue weighted by atomic mass is 10.1. The van der Waals surface area contributed by atoms with Gasteiger partial charge in [0.25, 0.3) is 0 Å². The third-order valence-electron chi connectivity index (χ3n) is 2.48. The molecule has 0 saturated carbocycles. The fourth-order valence-electron chi connectivity index (χ4n) is 1.98. The van der Waals surface area contributed by atoms with Gasteiger partial charge in [-0.3, -0.25) is 0 Å². The molecule has 2 rings (SSSR count). The molecular formula is C9H14N2. The van der Waals surface area contributed by atoms with Crippen molar-refractivity contribution in [3.8, 4) is 0 Å². The molecule has 60 valence electrons. The van der Waals surface area contributed by atoms with Gasteiger partial charge in [-0.15, -0.1) is 0 Å². The third kappa shape index (κ3) is 1.06. The van der Waals surface area contributed by atoms with Gasteiger partial charge >= 0.3 is 0 Å². The molecule has 1 N–H and O–H groups in total. The molecule has 0 aromatic carbocycles. The van der Waals surface area contributed by atoms with Crippen molar-refractivity contribution in [3.05, 3.63) is 11.3 Å². The number of amidine groups is 1. The Morgan fingerprint density at radius 1 is 1.45 bits per heavy atom. The van der Waals surface area contributed by atoms with E-state index in [0.717, 1.165) is 5.84 Å². The highest BCUT2D eigenvalue weighted by Crippen LogP contribution is 2.31. The van der Waals surface area contributed by atoms with Crippen LogP contribution in [0.1, 0.15) is 33.1 Å². The number of hydrogen-bond donors (Lipinski definition) is 1. The van der Waals surface area contributed by atoms with Gasteiger partial charge in [-0.2, -0.15) is 0 Å². The molecule has 0 fully saturated rings. The van der Waals surface area contributed by atoms with Crippen molar-refractivity contribution < 1.29 is 0 Å². The number of rotatable bonds is 0. The fraction of sp³-hybridized carbons (Fsp3) is 0.667. The van der Waals surface area contributed by atoms with E-state index >= 15 is 0 Å². The van der Waals surface area contributed by atoms with E-state index < -0.39 is 0 Å². The first-order valence-corrected chi connectivity index (χ1v) is 4.31. The van der Waals surface area contributed by atoms with Gasteiger partial charge in [-0.05, 0) is 38.7 Å². The second-order valence-corrected chi connectivity index (χ2v) is 3.39. The highest BCUT2D eigenvalue weighted by molar-refractivity contribution is 5.82. The lowest BCUT2D eigenvalue weighted by Crippen LogP contribution is -2.34. The van der Waals surface area contributed by atoms with Crippen LogP contribution in [0.2, 0.25) is 0 Å². The molecule has 1 atom stereocenters. The van der Waals surface area contributed by atoms with Gasteiger partial charge in [-0.25, -0.2) is 4.99 Å². The quantitative estimate of drug-likeness (QED) is 0.559. The Balaban J connectivity index is 2.33. The second-order valence-electron chi connectivity index (χ2n) is 3.39. The van der Waals surface area contributed by atoms with Crippen LogP contribution < -0.4 is 5.32 Å². The molecule has 0 saturated heterocycles. The lowest BCUT2D eigenvalue weighted by Gasteiger charge is -2.21. The zero-order chi connectivity index (χ0) is 7.84. The molecule has 2 heteroatoms. The Morgan fingerprint density at radius 2 is 2.27 bits per heavy atom. The van der Waals surface area contributed by atoms with Crippen molar-refractivity contribution in [1.29, 1.82) is 0 Å². The summed E-state index contributed by atoms with van der Waals surface area (Å²) < 4.78 is 0. The summed E-state index contributed by atoms with van der Waals surface area (Å²) >= 11 is 0. The molecule has 0 spiro atoms. The molecule has 1 aliphatic heterocycles. The van der Waals surface area contributed by atoms with Gasteiger partial charge < -0.3 is 5.32 Å². The molecule has 0 aromatic heterocycles. The Labute approximate surface area is 67.4 Å². The Kier molecular flexibility index (Phi) is 1.48. The summed E-state index contributed by atoms with van der Waals surface area (Å²) in [5.41, 5.74) is 2.89. The van der Waals surface area contributed by atoms with E-state index in [1.165, 1.54) is 30.5 Å². The monoisotopic (exact) mass is 150 g/mol. The molecule has 1 heterocycles. The average Bonchev–Trinajstić information content (AvgIpc) is 2.34. The van der Waals surface area contributed by atoms with Gasteiger partial charge in [0.1, 0.15) is 0 Å². The summed E-state index contributed by atoms with van der Waals surface area (Å²) in [7, 11) is 0. The van der Waals surface area contributed by atoms with Gasteiger partial charge in [0, 0.05) is 11.7 Å². The summed E-state index contributed by atoms with van der Waals surface area (Å²) in [5.74, 6) is 1.08. The maximum atomic E-state index is 4.48. The average molecular weight is 150 g/mol. The molecule has 1 unspecified atom stereocenters. The first kappa shape index (κ1) is 6.89. The van der Waals surface area contributed by atoms with Gasteiger partial charge in [0.2, 0.25) is 0 Å². The van der Waals surface area contributed by atoms with Gasteiger partial charge in [-0.1, -0.05) is 0 Å². The van der Waals surface area contributed by atoms with Crippen LogP contribution in [0.3, 0.4) is 0 Å². The minimum atomic E-state index is 0.532. The Morgan fingerprint density at radius 3 is 3.09 bits per heavy atom. The standard InChI is InChI=1S/C9H14N2/c1-6-8-4-3-5-9(8)11-7(2)10-6/h6H,3-5H2,1-2H3,(H,10,11). The van der Waals surface area contributed by atoms with Crippen LogP contribution >= 0.6 is 0 Å². The third-order valence-corrected chi connectivity index (χ3v) is 2.48. The molecule has 2 aliphatic rings. The predicted molar refractivity (Wildman–Crippen MR) is 46.6 cm³/mol. The van der Waals surface area contributed by atoms with Crippen molar-refractivity contribution in [1.82, 2.24) is 5.32 Å². The molecular weight excluding hydrogens is 136 g/mol. The Hall–Kier alpha value is -0.790. The van der Waals surface area contributed by atoms with Crippen LogP contribution in [0.4, 0.5) is 0 Å². The lowest BCUT2D eigenvalue weighted by molar-refractivity contribution is 0.711. The number of allylic oxidation sites excluding steroid dienone is 1. The van der Waals surface area contributed by atoms with Crippen molar-refractivity contribution in [2.45, 2.75) is 39.2 Å². The van der Waals surface area contributed by atoms with E-state index in [2.05, 4.69) is 17.2 Å². The van der Waals surface area contributed by atoms with Crippen LogP contribution in [-0.4, -0.2) is 11.9 Å². The highest BCUT2D eigenvalue weighted by atomic mass is 15.0. The minimum Gasteiger partial charge on any atom is -0.367 e. The molecule has 0 amide bonds. The molecule has 0 bridgehead atoms. The molecule has 11 heavy (non-hydrogen) atoms. The first-order valence-electron chi connectivity index (χ1n) is 4.31. The maximum Gasteiger partial charge on any atom is 0.0991 e.